The summed E-state index contributed by atoms with van der Waals surface area (Å²) in [6.07, 6.45) is 3.18. The van der Waals surface area contributed by atoms with E-state index in [9.17, 15) is 0 Å². The molecule has 0 saturated heterocycles. The monoisotopic (exact) mass is 320 g/mol. The van der Waals surface area contributed by atoms with E-state index in [1.54, 1.807) is 18.3 Å². The molecule has 2 heterocycles. The summed E-state index contributed by atoms with van der Waals surface area (Å²) in [5.74, 6) is 0.684. The first-order valence-electron chi connectivity index (χ1n) is 7.30. The first-order chi connectivity index (χ1) is 11.6. The first kappa shape index (κ1) is 15.7. The van der Waals surface area contributed by atoms with Crippen molar-refractivity contribution in [2.45, 2.75) is 6.92 Å². The van der Waals surface area contributed by atoms with E-state index in [-0.39, 0.29) is 12.3 Å². The zero-order valence-electron chi connectivity index (χ0n) is 13.1. The van der Waals surface area contributed by atoms with Gasteiger partial charge in [-0.05, 0) is 25.1 Å². The number of aliphatic hydroxyl groups is 1. The lowest BCUT2D eigenvalue weighted by Crippen LogP contribution is -2.04. The maximum atomic E-state index is 8.95. The van der Waals surface area contributed by atoms with Crippen LogP contribution >= 0.6 is 0 Å². The van der Waals surface area contributed by atoms with E-state index in [2.05, 4.69) is 20.2 Å². The van der Waals surface area contributed by atoms with Crippen LogP contribution in [-0.4, -0.2) is 27.4 Å². The molecule has 0 aliphatic carbocycles. The van der Waals surface area contributed by atoms with Gasteiger partial charge < -0.3 is 16.2 Å². The van der Waals surface area contributed by atoms with E-state index in [4.69, 9.17) is 16.2 Å². The van der Waals surface area contributed by atoms with Gasteiger partial charge in [-0.1, -0.05) is 17.7 Å². The number of benzene rings is 1. The molecule has 120 valence electrons. The van der Waals surface area contributed by atoms with Crippen LogP contribution in [0.5, 0.6) is 0 Å². The Morgan fingerprint density at radius 2 is 2.00 bits per heavy atom. The van der Waals surface area contributed by atoms with Gasteiger partial charge in [-0.2, -0.15) is 0 Å². The number of nitrogens with zero attached hydrogens (tertiary/aromatic N) is 4. The van der Waals surface area contributed by atoms with Crippen molar-refractivity contribution >= 4 is 33.8 Å². The molecule has 7 nitrogen and oxygen atoms in total. The smallest absolute Gasteiger partial charge is 0.174 e. The minimum absolute atomic E-state index is 0.101. The number of anilines is 1. The fourth-order valence-electron chi connectivity index (χ4n) is 2.25. The van der Waals surface area contributed by atoms with Crippen molar-refractivity contribution in [3.05, 3.63) is 53.9 Å². The van der Waals surface area contributed by atoms with Crippen molar-refractivity contribution in [2.75, 3.05) is 12.3 Å². The number of nitrogen functional groups attached to an aromatic ring is 1. The van der Waals surface area contributed by atoms with Crippen LogP contribution < -0.4 is 5.73 Å². The number of aromatic nitrogens is 2. The Morgan fingerprint density at radius 1 is 1.17 bits per heavy atom. The van der Waals surface area contributed by atoms with Crippen molar-refractivity contribution in [1.82, 2.24) is 9.97 Å². The molecule has 0 radical (unpaired) electrons. The summed E-state index contributed by atoms with van der Waals surface area (Å²) in [5, 5.41) is 26.6. The highest BCUT2D eigenvalue weighted by atomic mass is 16.3. The molecule has 2 aromatic heterocycles. The Balaban J connectivity index is 1.97. The molecule has 0 fully saturated rings. The predicted octanol–water partition coefficient (Wildman–Crippen LogP) is 3.30. The second-order valence-corrected chi connectivity index (χ2v) is 5.32. The van der Waals surface area contributed by atoms with Gasteiger partial charge in [0.2, 0.25) is 0 Å². The fraction of sp³-hybridized carbons (Fsp3) is 0.118. The van der Waals surface area contributed by atoms with E-state index >= 15 is 0 Å². The average molecular weight is 320 g/mol. The van der Waals surface area contributed by atoms with Crippen molar-refractivity contribution in [2.24, 2.45) is 10.2 Å². The highest BCUT2D eigenvalue weighted by Gasteiger charge is 2.07. The Hall–Kier alpha value is -3.19. The number of nitrogens with two attached hydrogens (primary N) is 1. The molecule has 3 rings (SSSR count). The Bertz CT molecular complexity index is 928. The van der Waals surface area contributed by atoms with Crippen molar-refractivity contribution in [1.29, 1.82) is 5.41 Å². The summed E-state index contributed by atoms with van der Waals surface area (Å²) in [6, 6.07) is 9.24. The maximum Gasteiger partial charge on any atom is 0.174 e. The van der Waals surface area contributed by atoms with Gasteiger partial charge in [-0.3, -0.25) is 0 Å². The van der Waals surface area contributed by atoms with E-state index in [1.165, 1.54) is 6.20 Å². The lowest BCUT2D eigenvalue weighted by Gasteiger charge is -2.05. The van der Waals surface area contributed by atoms with Gasteiger partial charge in [0.15, 0.2) is 11.6 Å². The number of fused-ring (bicyclic) bond motifs is 1. The lowest BCUT2D eigenvalue weighted by atomic mass is 10.1. The maximum absolute atomic E-state index is 8.95. The highest BCUT2D eigenvalue weighted by molar-refractivity contribution is 5.99. The van der Waals surface area contributed by atoms with Crippen molar-refractivity contribution in [3.63, 3.8) is 0 Å². The second kappa shape index (κ2) is 6.51. The van der Waals surface area contributed by atoms with Gasteiger partial charge in [0, 0.05) is 28.7 Å². The molecular weight excluding hydrogens is 304 g/mol. The van der Waals surface area contributed by atoms with Crippen LogP contribution in [0, 0.1) is 12.3 Å². The fourth-order valence-corrected chi connectivity index (χ4v) is 2.25. The number of hydrogen-bond donors (Lipinski definition) is 3. The zero-order chi connectivity index (χ0) is 17.1. The molecule has 24 heavy (non-hydrogen) atoms. The molecule has 0 aliphatic heterocycles. The third-order valence-corrected chi connectivity index (χ3v) is 3.56. The zero-order valence-corrected chi connectivity index (χ0v) is 13.1. The van der Waals surface area contributed by atoms with Crippen molar-refractivity contribution < 1.29 is 5.11 Å². The highest BCUT2D eigenvalue weighted by Crippen LogP contribution is 2.32. The topological polar surface area (TPSA) is 121 Å². The van der Waals surface area contributed by atoms with Gasteiger partial charge in [0.05, 0.1) is 12.3 Å². The summed E-state index contributed by atoms with van der Waals surface area (Å²) < 4.78 is 0. The number of hydrogen-bond acceptors (Lipinski definition) is 7. The molecule has 7 heteroatoms. The quantitative estimate of drug-likeness (QED) is 0.504. The Labute approximate surface area is 138 Å². The van der Waals surface area contributed by atoms with Crippen LogP contribution in [0.2, 0.25) is 0 Å². The molecule has 0 unspecified atom stereocenters. The van der Waals surface area contributed by atoms with Crippen LogP contribution in [0.25, 0.3) is 10.8 Å². The standard InChI is InChI=1S/C17H16N6O/c1-10-2-3-11-7-21-17(19)16(13(11)6-10)23-22-15-5-4-12(8-20-15)14(18)9-24/h2-8,18,24H,9H2,1H3,(H2,19,21). The molecule has 0 saturated carbocycles. The SMILES string of the molecule is Cc1ccc2cnc(N)c(N=Nc3ccc(C(=N)CO)cn3)c2c1. The molecule has 3 aromatic rings. The van der Waals surface area contributed by atoms with Gasteiger partial charge in [-0.25, -0.2) is 9.97 Å². The predicted molar refractivity (Wildman–Crippen MR) is 93.2 cm³/mol. The summed E-state index contributed by atoms with van der Waals surface area (Å²) in [5.41, 5.74) is 8.18. The number of nitrogens with one attached hydrogen (secondary N) is 1. The summed E-state index contributed by atoms with van der Waals surface area (Å²) in [7, 11) is 0. The minimum atomic E-state index is -0.333. The number of aryl methyl sites for hydroxylation is 1. The van der Waals surface area contributed by atoms with Crippen molar-refractivity contribution in [3.8, 4) is 0 Å². The summed E-state index contributed by atoms with van der Waals surface area (Å²) in [4.78, 5) is 8.26. The minimum Gasteiger partial charge on any atom is -0.390 e. The van der Waals surface area contributed by atoms with E-state index in [0.717, 1.165) is 16.3 Å². The molecule has 4 N–H and O–H groups in total. The number of rotatable bonds is 4. The number of aliphatic hydroxyl groups excluding tert-OH is 1. The van der Waals surface area contributed by atoms with Gasteiger partial charge in [0.25, 0.3) is 0 Å². The molecule has 0 atom stereocenters. The Morgan fingerprint density at radius 3 is 2.71 bits per heavy atom. The largest absolute Gasteiger partial charge is 0.390 e. The van der Waals surface area contributed by atoms with Crippen LogP contribution in [0.15, 0.2) is 53.0 Å². The molecule has 0 aliphatic rings. The van der Waals surface area contributed by atoms with Crippen LogP contribution in [0.1, 0.15) is 11.1 Å². The van der Waals surface area contributed by atoms with Crippen LogP contribution in [0.4, 0.5) is 17.3 Å². The van der Waals surface area contributed by atoms with Gasteiger partial charge in [0.1, 0.15) is 5.69 Å². The van der Waals surface area contributed by atoms with E-state index in [0.29, 0.717) is 22.9 Å². The first-order valence-corrected chi connectivity index (χ1v) is 7.30. The molecule has 0 spiro atoms. The molecular formula is C17H16N6O. The normalized spacial score (nSPS) is 11.2. The number of pyridine rings is 2. The molecule has 0 amide bonds. The van der Waals surface area contributed by atoms with Gasteiger partial charge >= 0.3 is 0 Å². The Kier molecular flexibility index (Phi) is 4.26. The average Bonchev–Trinajstić information content (AvgIpc) is 2.60. The second-order valence-electron chi connectivity index (χ2n) is 5.32. The van der Waals surface area contributed by atoms with Crippen LogP contribution in [-0.2, 0) is 0 Å². The number of azo groups is 1. The third-order valence-electron chi connectivity index (χ3n) is 3.56. The van der Waals surface area contributed by atoms with E-state index < -0.39 is 0 Å². The summed E-state index contributed by atoms with van der Waals surface area (Å²) in [6.45, 7) is 1.66. The molecule has 0 bridgehead atoms. The van der Waals surface area contributed by atoms with Gasteiger partial charge in [-0.15, -0.1) is 10.2 Å². The van der Waals surface area contributed by atoms with Crippen LogP contribution in [0.3, 0.4) is 0 Å². The molecule has 1 aromatic carbocycles. The summed E-state index contributed by atoms with van der Waals surface area (Å²) >= 11 is 0. The lowest BCUT2D eigenvalue weighted by molar-refractivity contribution is 0.357. The van der Waals surface area contributed by atoms with E-state index in [1.807, 2.05) is 25.1 Å². The third kappa shape index (κ3) is 3.11.